The summed E-state index contributed by atoms with van der Waals surface area (Å²) in [5.41, 5.74) is 7.39. The molecule has 0 radical (unpaired) electrons. The van der Waals surface area contributed by atoms with Gasteiger partial charge >= 0.3 is 5.97 Å². The van der Waals surface area contributed by atoms with Gasteiger partial charge in [-0.05, 0) is 38.5 Å². The number of anilines is 1. The minimum atomic E-state index is -0.422. The number of carbonyl (C=O) groups excluding carboxylic acids is 1. The molecule has 4 heteroatoms. The van der Waals surface area contributed by atoms with Gasteiger partial charge in [0.25, 0.3) is 0 Å². The molecule has 0 bridgehead atoms. The maximum atomic E-state index is 11.7. The Morgan fingerprint density at radius 1 is 1.38 bits per heavy atom. The van der Waals surface area contributed by atoms with Crippen LogP contribution in [0.25, 0.3) is 0 Å². The van der Waals surface area contributed by atoms with E-state index in [4.69, 9.17) is 15.2 Å². The maximum absolute atomic E-state index is 11.7. The summed E-state index contributed by atoms with van der Waals surface area (Å²) in [6.07, 6.45) is -0.168. The Kier molecular flexibility index (Phi) is 3.77. The quantitative estimate of drug-likeness (QED) is 0.630. The molecule has 0 spiro atoms. The van der Waals surface area contributed by atoms with Crippen LogP contribution in [0.3, 0.4) is 0 Å². The van der Waals surface area contributed by atoms with E-state index in [2.05, 4.69) is 0 Å². The Morgan fingerprint density at radius 3 is 2.50 bits per heavy atom. The first-order valence-electron chi connectivity index (χ1n) is 5.10. The summed E-state index contributed by atoms with van der Waals surface area (Å²) >= 11 is 0. The lowest BCUT2D eigenvalue weighted by atomic mass is 10.1. The molecule has 0 saturated carbocycles. The second-order valence-electron chi connectivity index (χ2n) is 3.88. The van der Waals surface area contributed by atoms with Crippen molar-refractivity contribution in [1.82, 2.24) is 0 Å². The first-order valence-corrected chi connectivity index (χ1v) is 5.10. The zero-order chi connectivity index (χ0) is 12.3. The fraction of sp³-hybridized carbons (Fsp3) is 0.417. The highest BCUT2D eigenvalue weighted by Gasteiger charge is 2.16. The third-order valence-electron chi connectivity index (χ3n) is 2.07. The Balaban J connectivity index is 3.12. The van der Waals surface area contributed by atoms with E-state index in [9.17, 15) is 4.79 Å². The molecule has 1 aromatic carbocycles. The molecule has 0 aliphatic rings. The van der Waals surface area contributed by atoms with Gasteiger partial charge in [-0.1, -0.05) is 0 Å². The molecular formula is C12H17NO3. The predicted molar refractivity (Wildman–Crippen MR) is 62.7 cm³/mol. The summed E-state index contributed by atoms with van der Waals surface area (Å²) < 4.78 is 10.2. The van der Waals surface area contributed by atoms with Gasteiger partial charge in [0.2, 0.25) is 0 Å². The van der Waals surface area contributed by atoms with E-state index in [0.29, 0.717) is 17.0 Å². The van der Waals surface area contributed by atoms with Crippen LogP contribution in [0.2, 0.25) is 0 Å². The van der Waals surface area contributed by atoms with Crippen molar-refractivity contribution in [3.05, 3.63) is 23.3 Å². The Morgan fingerprint density at radius 2 is 2.00 bits per heavy atom. The largest absolute Gasteiger partial charge is 0.495 e. The van der Waals surface area contributed by atoms with Gasteiger partial charge in [0.05, 0.1) is 24.5 Å². The van der Waals surface area contributed by atoms with Crippen molar-refractivity contribution < 1.29 is 14.3 Å². The molecule has 88 valence electrons. The molecule has 0 atom stereocenters. The van der Waals surface area contributed by atoms with Gasteiger partial charge in [-0.3, -0.25) is 0 Å². The molecule has 0 amide bonds. The van der Waals surface area contributed by atoms with E-state index in [1.807, 2.05) is 6.92 Å². The number of benzene rings is 1. The molecule has 0 fully saturated rings. The van der Waals surface area contributed by atoms with Crippen LogP contribution in [0.15, 0.2) is 12.1 Å². The molecule has 0 heterocycles. The van der Waals surface area contributed by atoms with E-state index in [1.165, 1.54) is 7.11 Å². The maximum Gasteiger partial charge on any atom is 0.340 e. The first kappa shape index (κ1) is 12.4. The highest BCUT2D eigenvalue weighted by molar-refractivity contribution is 5.97. The predicted octanol–water partition coefficient (Wildman–Crippen LogP) is 2.15. The molecule has 1 aromatic rings. The highest BCUT2D eigenvalue weighted by atomic mass is 16.5. The zero-order valence-corrected chi connectivity index (χ0v) is 10.0. The molecule has 16 heavy (non-hydrogen) atoms. The van der Waals surface area contributed by atoms with Gasteiger partial charge in [-0.15, -0.1) is 0 Å². The van der Waals surface area contributed by atoms with Crippen molar-refractivity contribution in [2.24, 2.45) is 0 Å². The molecule has 0 aliphatic heterocycles. The van der Waals surface area contributed by atoms with Crippen LogP contribution in [0.4, 0.5) is 5.69 Å². The summed E-state index contributed by atoms with van der Waals surface area (Å²) in [6.45, 7) is 5.45. The van der Waals surface area contributed by atoms with Crippen molar-refractivity contribution >= 4 is 11.7 Å². The number of hydrogen-bond acceptors (Lipinski definition) is 4. The number of hydrogen-bond donors (Lipinski definition) is 1. The van der Waals surface area contributed by atoms with Crippen LogP contribution in [0, 0.1) is 6.92 Å². The highest BCUT2D eigenvalue weighted by Crippen LogP contribution is 2.27. The fourth-order valence-electron chi connectivity index (χ4n) is 1.38. The molecule has 0 saturated heterocycles. The second kappa shape index (κ2) is 4.88. The van der Waals surface area contributed by atoms with Crippen molar-refractivity contribution in [3.8, 4) is 5.75 Å². The minimum Gasteiger partial charge on any atom is -0.495 e. The monoisotopic (exact) mass is 223 g/mol. The summed E-state index contributed by atoms with van der Waals surface area (Å²) in [5.74, 6) is 0.0743. The number of esters is 1. The molecule has 2 N–H and O–H groups in total. The fourth-order valence-corrected chi connectivity index (χ4v) is 1.38. The van der Waals surface area contributed by atoms with Crippen LogP contribution in [0.5, 0.6) is 5.75 Å². The van der Waals surface area contributed by atoms with E-state index in [-0.39, 0.29) is 6.10 Å². The number of nitrogens with two attached hydrogens (primary N) is 1. The number of rotatable bonds is 3. The van der Waals surface area contributed by atoms with Crippen LogP contribution in [-0.4, -0.2) is 19.2 Å². The SMILES string of the molecule is COc1cc(C)cc(C(=O)OC(C)C)c1N. The van der Waals surface area contributed by atoms with E-state index in [0.717, 1.165) is 5.56 Å². The van der Waals surface area contributed by atoms with Gasteiger partial charge in [0, 0.05) is 0 Å². The lowest BCUT2D eigenvalue weighted by Crippen LogP contribution is -2.14. The third kappa shape index (κ3) is 2.66. The van der Waals surface area contributed by atoms with E-state index >= 15 is 0 Å². The molecule has 0 unspecified atom stereocenters. The molecular weight excluding hydrogens is 206 g/mol. The number of methoxy groups -OCH3 is 1. The standard InChI is InChI=1S/C12H17NO3/c1-7(2)16-12(14)9-5-8(3)6-10(15-4)11(9)13/h5-7H,13H2,1-4H3. The zero-order valence-electron chi connectivity index (χ0n) is 10.0. The number of aryl methyl sites for hydroxylation is 1. The summed E-state index contributed by atoms with van der Waals surface area (Å²) in [5, 5.41) is 0. The van der Waals surface area contributed by atoms with Gasteiger partial charge in [-0.25, -0.2) is 4.79 Å². The normalized spacial score (nSPS) is 10.3. The summed E-state index contributed by atoms with van der Waals surface area (Å²) in [6, 6.07) is 3.48. The van der Waals surface area contributed by atoms with Crippen molar-refractivity contribution in [1.29, 1.82) is 0 Å². The van der Waals surface area contributed by atoms with Crippen molar-refractivity contribution in [2.75, 3.05) is 12.8 Å². The lowest BCUT2D eigenvalue weighted by molar-refractivity contribution is 0.0379. The average molecular weight is 223 g/mol. The first-order chi connectivity index (χ1) is 7.45. The van der Waals surface area contributed by atoms with E-state index in [1.54, 1.807) is 26.0 Å². The van der Waals surface area contributed by atoms with Gasteiger partial charge in [0.15, 0.2) is 0 Å². The number of ether oxygens (including phenoxy) is 2. The van der Waals surface area contributed by atoms with Crippen LogP contribution < -0.4 is 10.5 Å². The number of carbonyl (C=O) groups is 1. The summed E-state index contributed by atoms with van der Waals surface area (Å²) in [7, 11) is 1.52. The third-order valence-corrected chi connectivity index (χ3v) is 2.07. The Bertz CT molecular complexity index is 399. The Labute approximate surface area is 95.3 Å². The number of nitrogen functional groups attached to an aromatic ring is 1. The Hall–Kier alpha value is -1.71. The van der Waals surface area contributed by atoms with E-state index < -0.39 is 5.97 Å². The van der Waals surface area contributed by atoms with Crippen LogP contribution in [0.1, 0.15) is 29.8 Å². The molecule has 0 aliphatic carbocycles. The average Bonchev–Trinajstić information content (AvgIpc) is 2.19. The molecule has 1 rings (SSSR count). The topological polar surface area (TPSA) is 61.5 Å². The van der Waals surface area contributed by atoms with Crippen LogP contribution in [-0.2, 0) is 4.74 Å². The van der Waals surface area contributed by atoms with Crippen molar-refractivity contribution in [3.63, 3.8) is 0 Å². The minimum absolute atomic E-state index is 0.168. The second-order valence-corrected chi connectivity index (χ2v) is 3.88. The summed E-state index contributed by atoms with van der Waals surface area (Å²) in [4.78, 5) is 11.7. The van der Waals surface area contributed by atoms with Crippen molar-refractivity contribution in [2.45, 2.75) is 26.9 Å². The molecule has 0 aromatic heterocycles. The smallest absolute Gasteiger partial charge is 0.340 e. The van der Waals surface area contributed by atoms with Gasteiger partial charge in [-0.2, -0.15) is 0 Å². The van der Waals surface area contributed by atoms with Crippen LogP contribution >= 0.6 is 0 Å². The molecule has 4 nitrogen and oxygen atoms in total. The van der Waals surface area contributed by atoms with Gasteiger partial charge in [0.1, 0.15) is 5.75 Å². The lowest BCUT2D eigenvalue weighted by Gasteiger charge is -2.13. The van der Waals surface area contributed by atoms with Gasteiger partial charge < -0.3 is 15.2 Å².